The van der Waals surface area contributed by atoms with E-state index in [1.165, 1.54) is 28.0 Å². The lowest BCUT2D eigenvalue weighted by Crippen LogP contribution is -2.22. The lowest BCUT2D eigenvalue weighted by molar-refractivity contribution is 0.0697. The van der Waals surface area contributed by atoms with Crippen molar-refractivity contribution in [2.24, 2.45) is 0 Å². The highest BCUT2D eigenvalue weighted by atomic mass is 32.1. The topological polar surface area (TPSA) is 96.0 Å². The largest absolute Gasteiger partial charge is 0.478 e. The predicted molar refractivity (Wildman–Crippen MR) is 112 cm³/mol. The zero-order valence-corrected chi connectivity index (χ0v) is 15.8. The molecule has 0 radical (unpaired) electrons. The number of nitriles is 1. The third kappa shape index (κ3) is 3.57. The highest BCUT2D eigenvalue weighted by Crippen LogP contribution is 2.20. The van der Waals surface area contributed by atoms with E-state index >= 15 is 0 Å². The van der Waals surface area contributed by atoms with E-state index in [0.29, 0.717) is 27.3 Å². The molecule has 0 aliphatic carbocycles. The summed E-state index contributed by atoms with van der Waals surface area (Å²) >= 11 is 1.33. The first-order valence-electron chi connectivity index (χ1n) is 8.60. The Morgan fingerprint density at radius 2 is 1.93 bits per heavy atom. The number of fused-ring (bicyclic) bond motifs is 1. The van der Waals surface area contributed by atoms with E-state index in [1.54, 1.807) is 54.6 Å². The molecule has 4 rings (SSSR count). The van der Waals surface area contributed by atoms with Crippen LogP contribution >= 0.6 is 11.3 Å². The monoisotopic (exact) mass is 399 g/mol. The minimum atomic E-state index is -1.08. The smallest absolute Gasteiger partial charge is 0.335 e. The number of hydrogen-bond acceptors (Lipinski definition) is 5. The number of nitrogens with zero attached hydrogens (tertiary/aromatic N) is 3. The molecule has 0 aliphatic heterocycles. The van der Waals surface area contributed by atoms with Gasteiger partial charge in [0, 0.05) is 4.88 Å². The molecule has 7 heteroatoms. The summed E-state index contributed by atoms with van der Waals surface area (Å²) in [5, 5.41) is 18.7. The van der Waals surface area contributed by atoms with Gasteiger partial charge >= 0.3 is 5.97 Å². The van der Waals surface area contributed by atoms with Crippen LogP contribution in [-0.4, -0.2) is 20.6 Å². The van der Waals surface area contributed by atoms with Gasteiger partial charge in [-0.25, -0.2) is 9.78 Å². The average molecular weight is 399 g/mol. The summed E-state index contributed by atoms with van der Waals surface area (Å²) < 4.78 is 1.39. The molecule has 6 nitrogen and oxygen atoms in total. The van der Waals surface area contributed by atoms with E-state index in [-0.39, 0.29) is 11.1 Å². The first kappa shape index (κ1) is 18.3. The van der Waals surface area contributed by atoms with E-state index in [9.17, 15) is 14.7 Å². The summed E-state index contributed by atoms with van der Waals surface area (Å²) in [5.74, 6) is -0.712. The maximum Gasteiger partial charge on any atom is 0.335 e. The minimum Gasteiger partial charge on any atom is -0.478 e. The van der Waals surface area contributed by atoms with Crippen LogP contribution in [0.5, 0.6) is 0 Å². The first-order valence-corrected chi connectivity index (χ1v) is 9.42. The van der Waals surface area contributed by atoms with E-state index in [2.05, 4.69) is 11.1 Å². The van der Waals surface area contributed by atoms with Crippen molar-refractivity contribution in [3.63, 3.8) is 0 Å². The molecule has 4 aromatic rings. The molecule has 2 aromatic heterocycles. The molecule has 0 unspecified atom stereocenters. The fourth-order valence-corrected chi connectivity index (χ4v) is 3.66. The van der Waals surface area contributed by atoms with Gasteiger partial charge in [0.15, 0.2) is 0 Å². The molecule has 2 heterocycles. The molecule has 0 atom stereocenters. The van der Waals surface area contributed by atoms with Gasteiger partial charge < -0.3 is 5.11 Å². The van der Waals surface area contributed by atoms with Crippen molar-refractivity contribution >= 4 is 40.4 Å². The Labute approximate surface area is 169 Å². The maximum atomic E-state index is 13.2. The van der Waals surface area contributed by atoms with Crippen molar-refractivity contribution < 1.29 is 9.90 Å². The van der Waals surface area contributed by atoms with Crippen molar-refractivity contribution in [1.29, 1.82) is 5.26 Å². The van der Waals surface area contributed by atoms with Crippen molar-refractivity contribution in [1.82, 2.24) is 9.55 Å². The van der Waals surface area contributed by atoms with Crippen molar-refractivity contribution in [2.75, 3.05) is 0 Å². The van der Waals surface area contributed by atoms with Gasteiger partial charge in [0.05, 0.1) is 22.2 Å². The molecule has 0 spiro atoms. The van der Waals surface area contributed by atoms with Crippen molar-refractivity contribution in [2.45, 2.75) is 0 Å². The van der Waals surface area contributed by atoms with Gasteiger partial charge in [-0.1, -0.05) is 18.2 Å². The van der Waals surface area contributed by atoms with Gasteiger partial charge in [-0.3, -0.25) is 9.36 Å². The fourth-order valence-electron chi connectivity index (χ4n) is 2.95. The Hall–Kier alpha value is -4.02. The molecular weight excluding hydrogens is 386 g/mol. The molecule has 2 aromatic carbocycles. The normalized spacial score (nSPS) is 11.0. The Kier molecular flexibility index (Phi) is 4.77. The SMILES string of the molecule is N#Cc1ccc(/C=C/c2nc3ccccc3c(=O)n2-c2cccc(C(=O)O)c2)s1. The van der Waals surface area contributed by atoms with Gasteiger partial charge in [0.2, 0.25) is 0 Å². The lowest BCUT2D eigenvalue weighted by Gasteiger charge is -2.12. The zero-order chi connectivity index (χ0) is 20.4. The summed E-state index contributed by atoms with van der Waals surface area (Å²) in [4.78, 5) is 30.6. The summed E-state index contributed by atoms with van der Waals surface area (Å²) in [6.07, 6.45) is 3.47. The molecule has 29 heavy (non-hydrogen) atoms. The summed E-state index contributed by atoms with van der Waals surface area (Å²) in [6.45, 7) is 0. The van der Waals surface area contributed by atoms with Crippen LogP contribution in [-0.2, 0) is 0 Å². The van der Waals surface area contributed by atoms with Crippen LogP contribution in [0, 0.1) is 11.3 Å². The number of carboxylic acid groups (broad SMARTS) is 1. The van der Waals surface area contributed by atoms with Crippen LogP contribution < -0.4 is 5.56 Å². The number of aromatic nitrogens is 2. The van der Waals surface area contributed by atoms with Crippen LogP contribution in [0.1, 0.15) is 25.9 Å². The molecule has 0 aliphatic rings. The molecular formula is C22H13N3O3S. The van der Waals surface area contributed by atoms with Gasteiger partial charge in [0.1, 0.15) is 16.8 Å². The predicted octanol–water partition coefficient (Wildman–Crippen LogP) is 4.19. The highest BCUT2D eigenvalue weighted by Gasteiger charge is 2.13. The van der Waals surface area contributed by atoms with E-state index in [0.717, 1.165) is 4.88 Å². The van der Waals surface area contributed by atoms with Gasteiger partial charge in [-0.2, -0.15) is 5.26 Å². The average Bonchev–Trinajstić information content (AvgIpc) is 3.20. The van der Waals surface area contributed by atoms with Crippen LogP contribution in [0.15, 0.2) is 65.5 Å². The molecule has 0 saturated heterocycles. The number of aromatic carboxylic acids is 1. The van der Waals surface area contributed by atoms with Crippen molar-refractivity contribution in [3.05, 3.63) is 92.2 Å². The van der Waals surface area contributed by atoms with Gasteiger partial charge in [-0.05, 0) is 54.6 Å². The van der Waals surface area contributed by atoms with Crippen molar-refractivity contribution in [3.8, 4) is 11.8 Å². The van der Waals surface area contributed by atoms with E-state index in [1.807, 2.05) is 6.07 Å². The van der Waals surface area contributed by atoms with Gasteiger partial charge in [-0.15, -0.1) is 11.3 Å². The van der Waals surface area contributed by atoms with Crippen LogP contribution in [0.3, 0.4) is 0 Å². The molecule has 0 fully saturated rings. The van der Waals surface area contributed by atoms with Gasteiger partial charge in [0.25, 0.3) is 5.56 Å². The number of benzene rings is 2. The minimum absolute atomic E-state index is 0.0782. The fraction of sp³-hybridized carbons (Fsp3) is 0. The second-order valence-electron chi connectivity index (χ2n) is 6.13. The van der Waals surface area contributed by atoms with E-state index in [4.69, 9.17) is 5.26 Å². The summed E-state index contributed by atoms with van der Waals surface area (Å²) in [6, 6.07) is 18.8. The highest BCUT2D eigenvalue weighted by molar-refractivity contribution is 7.13. The Morgan fingerprint density at radius 3 is 2.69 bits per heavy atom. The van der Waals surface area contributed by atoms with Crippen LogP contribution in [0.4, 0.5) is 0 Å². The molecule has 140 valence electrons. The second-order valence-corrected chi connectivity index (χ2v) is 7.25. The quantitative estimate of drug-likeness (QED) is 0.555. The number of carboxylic acids is 1. The zero-order valence-electron chi connectivity index (χ0n) is 14.9. The third-order valence-corrected chi connectivity index (χ3v) is 5.24. The number of rotatable bonds is 4. The number of carbonyl (C=O) groups is 1. The summed E-state index contributed by atoms with van der Waals surface area (Å²) in [7, 11) is 0. The Balaban J connectivity index is 1.94. The number of hydrogen-bond donors (Lipinski definition) is 1. The molecule has 0 saturated carbocycles. The van der Waals surface area contributed by atoms with Crippen LogP contribution in [0.2, 0.25) is 0 Å². The Bertz CT molecular complexity index is 1380. The molecule has 0 amide bonds. The lowest BCUT2D eigenvalue weighted by atomic mass is 10.2. The molecule has 1 N–H and O–H groups in total. The number of thiophene rings is 1. The third-order valence-electron chi connectivity index (χ3n) is 4.29. The standard InChI is InChI=1S/C22H13N3O3S/c23-13-17-9-8-16(29-17)10-11-20-24-19-7-2-1-6-18(19)21(26)25(20)15-5-3-4-14(12-15)22(27)28/h1-12H,(H,27,28)/b11-10+. The summed E-state index contributed by atoms with van der Waals surface area (Å²) in [5.41, 5.74) is 0.750. The molecule has 0 bridgehead atoms. The Morgan fingerprint density at radius 1 is 1.10 bits per heavy atom. The first-order chi connectivity index (χ1) is 14.1. The van der Waals surface area contributed by atoms with Crippen LogP contribution in [0.25, 0.3) is 28.7 Å². The van der Waals surface area contributed by atoms with E-state index < -0.39 is 5.97 Å². The maximum absolute atomic E-state index is 13.2. The second kappa shape index (κ2) is 7.54. The number of para-hydroxylation sites is 1.